The third-order valence-electron chi connectivity index (χ3n) is 4.81. The molecule has 0 radical (unpaired) electrons. The molecule has 0 spiro atoms. The Labute approximate surface area is 206 Å². The summed E-state index contributed by atoms with van der Waals surface area (Å²) in [6, 6.07) is 10.3. The van der Waals surface area contributed by atoms with Gasteiger partial charge in [0.2, 0.25) is 5.91 Å². The first-order valence-electron chi connectivity index (χ1n) is 10.1. The van der Waals surface area contributed by atoms with Crippen molar-refractivity contribution >= 4 is 63.9 Å². The first-order chi connectivity index (χ1) is 15.7. The van der Waals surface area contributed by atoms with Gasteiger partial charge in [-0.05, 0) is 61.1 Å². The summed E-state index contributed by atoms with van der Waals surface area (Å²) < 4.78 is 5.52. The molecule has 2 aromatic carbocycles. The number of ether oxygens (including phenoxy) is 1. The number of carbonyl (C=O) groups is 3. The van der Waals surface area contributed by atoms with Gasteiger partial charge in [0, 0.05) is 17.8 Å². The van der Waals surface area contributed by atoms with E-state index in [9.17, 15) is 14.4 Å². The van der Waals surface area contributed by atoms with Crippen molar-refractivity contribution in [3.63, 3.8) is 0 Å². The van der Waals surface area contributed by atoms with Crippen LogP contribution < -0.4 is 15.5 Å². The topological polar surface area (TPSA) is 91.0 Å². The maximum Gasteiger partial charge on any atom is 0.271 e. The van der Waals surface area contributed by atoms with Gasteiger partial charge in [0.05, 0.1) is 23.6 Å². The minimum absolute atomic E-state index is 0.0636. The van der Waals surface area contributed by atoms with Gasteiger partial charge < -0.3 is 10.1 Å². The monoisotopic (exact) mass is 508 g/mol. The van der Waals surface area contributed by atoms with Gasteiger partial charge in [-0.3, -0.25) is 24.7 Å². The van der Waals surface area contributed by atoms with Gasteiger partial charge in [-0.15, -0.1) is 0 Å². The highest BCUT2D eigenvalue weighted by atomic mass is 35.5. The smallest absolute Gasteiger partial charge is 0.271 e. The van der Waals surface area contributed by atoms with Crippen LogP contribution in [0.4, 0.5) is 5.69 Å². The summed E-state index contributed by atoms with van der Waals surface area (Å²) in [4.78, 5) is 39.3. The fraction of sp³-hybridized carbons (Fsp3) is 0.273. The predicted octanol–water partition coefficient (Wildman–Crippen LogP) is 3.88. The van der Waals surface area contributed by atoms with Gasteiger partial charge in [-0.2, -0.15) is 0 Å². The van der Waals surface area contributed by atoms with Gasteiger partial charge in [0.15, 0.2) is 5.11 Å². The molecular weight excluding hydrogens is 487 g/mol. The Balaban J connectivity index is 1.69. The number of halogens is 2. The highest BCUT2D eigenvalue weighted by Crippen LogP contribution is 2.23. The molecule has 33 heavy (non-hydrogen) atoms. The highest BCUT2D eigenvalue weighted by molar-refractivity contribution is 7.80. The summed E-state index contributed by atoms with van der Waals surface area (Å²) in [5.41, 5.74) is 3.28. The van der Waals surface area contributed by atoms with Crippen molar-refractivity contribution in [2.75, 3.05) is 19.0 Å². The van der Waals surface area contributed by atoms with Crippen LogP contribution in [0, 0.1) is 0 Å². The number of nitrogens with one attached hydrogen (secondary N) is 2. The van der Waals surface area contributed by atoms with E-state index >= 15 is 0 Å². The van der Waals surface area contributed by atoms with Crippen LogP contribution in [0.15, 0.2) is 42.5 Å². The van der Waals surface area contributed by atoms with Crippen molar-refractivity contribution in [2.24, 2.45) is 0 Å². The molecular formula is C22H22Cl2N4O4S. The Kier molecular flexibility index (Phi) is 8.12. The summed E-state index contributed by atoms with van der Waals surface area (Å²) in [5, 5.41) is 4.53. The minimum Gasteiger partial charge on any atom is -0.494 e. The van der Waals surface area contributed by atoms with Gasteiger partial charge in [-0.1, -0.05) is 30.1 Å². The normalized spacial score (nSPS) is 15.6. The number of likely N-dealkylation sites (N-methyl/N-ethyl adjacent to an activating group) is 1. The van der Waals surface area contributed by atoms with Crippen LogP contribution >= 0.6 is 35.4 Å². The zero-order chi connectivity index (χ0) is 24.1. The molecule has 2 aromatic rings. The lowest BCUT2D eigenvalue weighted by Gasteiger charge is -2.24. The Morgan fingerprint density at radius 1 is 1.15 bits per heavy atom. The number of hydrogen-bond acceptors (Lipinski definition) is 5. The number of benzene rings is 2. The number of anilines is 1. The maximum atomic E-state index is 12.7. The number of hydrazine groups is 1. The quantitative estimate of drug-likeness (QED) is 0.525. The molecule has 1 atom stereocenters. The zero-order valence-electron chi connectivity index (χ0n) is 17.9. The Morgan fingerprint density at radius 3 is 2.48 bits per heavy atom. The standard InChI is InChI=1S/C22H22Cl2N4O4S/c1-3-10-32-15-7-5-14(6-8-15)25-19(29)12-18-21(31)27(2)22(33)28(18)26-20(30)16-9-4-13(23)11-17(16)24/h4-9,11,18H,3,10,12H2,1-2H3,(H,25,29)(H,26,30). The molecule has 0 aromatic heterocycles. The zero-order valence-corrected chi connectivity index (χ0v) is 20.3. The lowest BCUT2D eigenvalue weighted by atomic mass is 10.2. The van der Waals surface area contributed by atoms with Crippen molar-refractivity contribution in [2.45, 2.75) is 25.8 Å². The van der Waals surface area contributed by atoms with E-state index in [-0.39, 0.29) is 22.1 Å². The van der Waals surface area contributed by atoms with Crippen LogP contribution in [-0.2, 0) is 9.59 Å². The van der Waals surface area contributed by atoms with Gasteiger partial charge in [-0.25, -0.2) is 5.01 Å². The average Bonchev–Trinajstić information content (AvgIpc) is 2.97. The molecule has 0 bridgehead atoms. The van der Waals surface area contributed by atoms with E-state index in [2.05, 4.69) is 10.7 Å². The van der Waals surface area contributed by atoms with Crippen LogP contribution in [-0.4, -0.2) is 52.4 Å². The second kappa shape index (κ2) is 10.8. The largest absolute Gasteiger partial charge is 0.494 e. The highest BCUT2D eigenvalue weighted by Gasteiger charge is 2.43. The lowest BCUT2D eigenvalue weighted by molar-refractivity contribution is -0.130. The predicted molar refractivity (Wildman–Crippen MR) is 130 cm³/mol. The molecule has 1 aliphatic rings. The minimum atomic E-state index is -1.01. The second-order valence-electron chi connectivity index (χ2n) is 7.26. The Hall–Kier alpha value is -2.88. The fourth-order valence-electron chi connectivity index (χ4n) is 3.11. The van der Waals surface area contributed by atoms with Crippen LogP contribution in [0.1, 0.15) is 30.1 Å². The van der Waals surface area contributed by atoms with Crippen molar-refractivity contribution in [3.8, 4) is 5.75 Å². The molecule has 174 valence electrons. The van der Waals surface area contributed by atoms with Crippen LogP contribution in [0.3, 0.4) is 0 Å². The van der Waals surface area contributed by atoms with E-state index in [4.69, 9.17) is 40.2 Å². The number of amides is 3. The van der Waals surface area contributed by atoms with Crippen molar-refractivity contribution in [3.05, 3.63) is 58.1 Å². The van der Waals surface area contributed by atoms with Crippen molar-refractivity contribution in [1.82, 2.24) is 15.3 Å². The van der Waals surface area contributed by atoms with Crippen molar-refractivity contribution < 1.29 is 19.1 Å². The van der Waals surface area contributed by atoms with E-state index in [0.717, 1.165) is 6.42 Å². The molecule has 1 aliphatic heterocycles. The first kappa shape index (κ1) is 24.8. The van der Waals surface area contributed by atoms with Gasteiger partial charge in [0.25, 0.3) is 11.8 Å². The molecule has 3 rings (SSSR count). The third kappa shape index (κ3) is 5.93. The molecule has 2 N–H and O–H groups in total. The van der Waals surface area contributed by atoms with Gasteiger partial charge >= 0.3 is 0 Å². The first-order valence-corrected chi connectivity index (χ1v) is 11.3. The van der Waals surface area contributed by atoms with E-state index in [1.165, 1.54) is 35.2 Å². The SMILES string of the molecule is CCCOc1ccc(NC(=O)CC2C(=O)N(C)C(=S)N2NC(=O)c2ccc(Cl)cc2Cl)cc1. The molecule has 1 fully saturated rings. The molecule has 1 heterocycles. The summed E-state index contributed by atoms with van der Waals surface area (Å²) in [5.74, 6) is -0.726. The summed E-state index contributed by atoms with van der Waals surface area (Å²) in [6.45, 7) is 2.61. The molecule has 3 amide bonds. The maximum absolute atomic E-state index is 12.7. The fourth-order valence-corrected chi connectivity index (χ4v) is 3.87. The molecule has 11 heteroatoms. The molecule has 1 saturated heterocycles. The summed E-state index contributed by atoms with van der Waals surface area (Å²) in [6.07, 6.45) is 0.660. The molecule has 0 aliphatic carbocycles. The molecule has 8 nitrogen and oxygen atoms in total. The average molecular weight is 509 g/mol. The Morgan fingerprint density at radius 2 is 1.85 bits per heavy atom. The number of hydrogen-bond donors (Lipinski definition) is 2. The number of carbonyl (C=O) groups excluding carboxylic acids is 3. The van der Waals surface area contributed by atoms with E-state index in [1.54, 1.807) is 24.3 Å². The lowest BCUT2D eigenvalue weighted by Crippen LogP contribution is -2.49. The van der Waals surface area contributed by atoms with E-state index in [0.29, 0.717) is 23.1 Å². The third-order valence-corrected chi connectivity index (χ3v) is 5.83. The molecule has 0 saturated carbocycles. The van der Waals surface area contributed by atoms with Crippen LogP contribution in [0.25, 0.3) is 0 Å². The van der Waals surface area contributed by atoms with Gasteiger partial charge in [0.1, 0.15) is 11.8 Å². The van der Waals surface area contributed by atoms with E-state index in [1.807, 2.05) is 6.92 Å². The van der Waals surface area contributed by atoms with Crippen molar-refractivity contribution in [1.29, 1.82) is 0 Å². The molecule has 1 unspecified atom stereocenters. The summed E-state index contributed by atoms with van der Waals surface area (Å²) >= 11 is 17.3. The van der Waals surface area contributed by atoms with E-state index < -0.39 is 23.8 Å². The number of nitrogens with zero attached hydrogens (tertiary/aromatic N) is 2. The Bertz CT molecular complexity index is 1080. The number of thiocarbonyl (C=S) groups is 1. The second-order valence-corrected chi connectivity index (χ2v) is 8.46. The summed E-state index contributed by atoms with van der Waals surface area (Å²) in [7, 11) is 1.48. The van der Waals surface area contributed by atoms with Crippen LogP contribution in [0.2, 0.25) is 10.0 Å². The number of rotatable bonds is 8. The van der Waals surface area contributed by atoms with Crippen LogP contribution in [0.5, 0.6) is 5.75 Å².